The third kappa shape index (κ3) is 4.63. The van der Waals surface area contributed by atoms with Crippen molar-refractivity contribution in [2.75, 3.05) is 31.6 Å². The number of ether oxygens (including phenoxy) is 1. The molecule has 6 nitrogen and oxygen atoms in total. The highest BCUT2D eigenvalue weighted by Crippen LogP contribution is 2.46. The highest BCUT2D eigenvalue weighted by molar-refractivity contribution is 6.32. The molecule has 1 amide bonds. The van der Waals surface area contributed by atoms with E-state index in [2.05, 4.69) is 28.2 Å². The Morgan fingerprint density at radius 2 is 2.03 bits per heavy atom. The lowest BCUT2D eigenvalue weighted by Gasteiger charge is -2.42. The Hall–Kier alpha value is -1.73. The summed E-state index contributed by atoms with van der Waals surface area (Å²) in [5, 5.41) is 15.9. The number of benzene rings is 1. The first-order chi connectivity index (χ1) is 15.6. The molecular weight excluding hydrogens is 438 g/mol. The summed E-state index contributed by atoms with van der Waals surface area (Å²) in [5.74, 6) is 0.758. The Bertz CT molecular complexity index is 1050. The van der Waals surface area contributed by atoms with Crippen molar-refractivity contribution in [2.45, 2.75) is 63.5 Å². The lowest BCUT2D eigenvalue weighted by atomic mass is 9.86. The highest BCUT2D eigenvalue weighted by Gasteiger charge is 2.51. The van der Waals surface area contributed by atoms with Crippen LogP contribution >= 0.6 is 11.6 Å². The predicted octanol–water partition coefficient (Wildman–Crippen LogP) is 4.59. The topological polar surface area (TPSA) is 74.7 Å². The van der Waals surface area contributed by atoms with Gasteiger partial charge in [-0.05, 0) is 101 Å². The molecule has 33 heavy (non-hydrogen) atoms. The minimum Gasteiger partial charge on any atom is -0.390 e. The van der Waals surface area contributed by atoms with Crippen LogP contribution in [0.25, 0.3) is 10.8 Å². The number of aliphatic hydroxyl groups is 1. The van der Waals surface area contributed by atoms with Gasteiger partial charge in [-0.25, -0.2) is 4.98 Å². The number of hydrogen-bond donors (Lipinski definition) is 2. The summed E-state index contributed by atoms with van der Waals surface area (Å²) in [7, 11) is 0. The Kier molecular flexibility index (Phi) is 5.93. The Morgan fingerprint density at radius 1 is 1.27 bits per heavy atom. The fraction of sp³-hybridized carbons (Fsp3) is 0.615. The van der Waals surface area contributed by atoms with Gasteiger partial charge in [0.15, 0.2) is 0 Å². The van der Waals surface area contributed by atoms with E-state index in [1.165, 1.54) is 5.56 Å². The normalized spacial score (nSPS) is 28.9. The zero-order valence-electron chi connectivity index (χ0n) is 19.7. The van der Waals surface area contributed by atoms with E-state index in [4.69, 9.17) is 16.3 Å². The molecule has 3 aliphatic rings. The number of nitrogens with one attached hydrogen (secondary N) is 1. The van der Waals surface area contributed by atoms with Crippen molar-refractivity contribution in [3.63, 3.8) is 0 Å². The van der Waals surface area contributed by atoms with Crippen molar-refractivity contribution in [2.24, 2.45) is 11.8 Å². The second-order valence-electron chi connectivity index (χ2n) is 10.9. The lowest BCUT2D eigenvalue weighted by molar-refractivity contribution is -0.118. The van der Waals surface area contributed by atoms with Crippen LogP contribution in [-0.4, -0.2) is 58.3 Å². The molecule has 0 radical (unpaired) electrons. The number of piperidine rings is 1. The number of anilines is 1. The molecule has 1 saturated carbocycles. The predicted molar refractivity (Wildman–Crippen MR) is 131 cm³/mol. The standard InChI is InChI=1S/C26H34ClN3O3/c1-25(2,32)21-13-20(21)24(31)29-23-12-17-10-19(22(27)11-18(17)14-28-23)16-4-7-30(8-5-16)26(3)6-9-33-15-26/h10-12,14,16,20-21,32H,4-9,13,15H2,1-3H3,(H,28,29,31)/t20-,21-,26+/m0/s1. The van der Waals surface area contributed by atoms with Gasteiger partial charge >= 0.3 is 0 Å². The molecule has 7 heteroatoms. The summed E-state index contributed by atoms with van der Waals surface area (Å²) < 4.78 is 5.66. The number of carbonyl (C=O) groups is 1. The molecular formula is C26H34ClN3O3. The minimum atomic E-state index is -0.831. The molecule has 178 valence electrons. The number of rotatable bonds is 5. The Morgan fingerprint density at radius 3 is 2.67 bits per heavy atom. The molecule has 3 fully saturated rings. The molecule has 2 saturated heterocycles. The van der Waals surface area contributed by atoms with Crippen LogP contribution in [0, 0.1) is 11.8 Å². The zero-order chi connectivity index (χ0) is 23.4. The number of hydrogen-bond acceptors (Lipinski definition) is 5. The van der Waals surface area contributed by atoms with E-state index < -0.39 is 5.60 Å². The number of aromatic nitrogens is 1. The Labute approximate surface area is 200 Å². The van der Waals surface area contributed by atoms with Crippen molar-refractivity contribution in [3.05, 3.63) is 35.0 Å². The van der Waals surface area contributed by atoms with Gasteiger partial charge in [-0.2, -0.15) is 0 Å². The van der Waals surface area contributed by atoms with Crippen LogP contribution in [0.15, 0.2) is 24.4 Å². The summed E-state index contributed by atoms with van der Waals surface area (Å²) in [6.07, 6.45) is 5.75. The maximum atomic E-state index is 12.6. The van der Waals surface area contributed by atoms with Gasteiger partial charge in [-0.3, -0.25) is 9.69 Å². The average molecular weight is 472 g/mol. The minimum absolute atomic E-state index is 0.00675. The van der Waals surface area contributed by atoms with Crippen LogP contribution in [0.1, 0.15) is 57.9 Å². The van der Waals surface area contributed by atoms with E-state index in [1.54, 1.807) is 20.0 Å². The quantitative estimate of drug-likeness (QED) is 0.667. The molecule has 0 unspecified atom stereocenters. The van der Waals surface area contributed by atoms with Gasteiger partial charge in [0.25, 0.3) is 0 Å². The van der Waals surface area contributed by atoms with Crippen LogP contribution in [-0.2, 0) is 9.53 Å². The molecule has 0 bridgehead atoms. The van der Waals surface area contributed by atoms with E-state index in [1.807, 2.05) is 12.1 Å². The third-order valence-corrected chi connectivity index (χ3v) is 8.35. The number of halogens is 1. The average Bonchev–Trinajstić information content (AvgIpc) is 3.49. The molecule has 1 aliphatic carbocycles. The first-order valence-electron chi connectivity index (χ1n) is 12.1. The first-order valence-corrected chi connectivity index (χ1v) is 12.5. The van der Waals surface area contributed by atoms with Crippen LogP contribution in [0.2, 0.25) is 5.02 Å². The lowest BCUT2D eigenvalue weighted by Crippen LogP contribution is -2.50. The first kappa shape index (κ1) is 23.0. The third-order valence-electron chi connectivity index (χ3n) is 8.02. The number of nitrogens with zero attached hydrogens (tertiary/aromatic N) is 2. The number of carbonyl (C=O) groups excluding carboxylic acids is 1. The van der Waals surface area contributed by atoms with Gasteiger partial charge in [0.2, 0.25) is 5.91 Å². The SMILES string of the molecule is CC(C)(O)[C@H]1C[C@@H]1C(=O)Nc1cc2cc(C3CCN([C@]4(C)CCOC4)CC3)c(Cl)cc2cn1. The van der Waals surface area contributed by atoms with Crippen molar-refractivity contribution < 1.29 is 14.6 Å². The van der Waals surface area contributed by atoms with Gasteiger partial charge in [0.1, 0.15) is 5.82 Å². The van der Waals surface area contributed by atoms with Gasteiger partial charge < -0.3 is 15.2 Å². The van der Waals surface area contributed by atoms with Gasteiger partial charge in [0.05, 0.1) is 12.2 Å². The maximum Gasteiger partial charge on any atom is 0.229 e. The van der Waals surface area contributed by atoms with Gasteiger partial charge in [0, 0.05) is 34.7 Å². The second-order valence-corrected chi connectivity index (χ2v) is 11.4. The van der Waals surface area contributed by atoms with Crippen LogP contribution in [0.3, 0.4) is 0 Å². The smallest absolute Gasteiger partial charge is 0.229 e. The van der Waals surface area contributed by atoms with Crippen molar-refractivity contribution in [3.8, 4) is 0 Å². The monoisotopic (exact) mass is 471 g/mol. The molecule has 3 atom stereocenters. The van der Waals surface area contributed by atoms with E-state index in [0.717, 1.165) is 61.4 Å². The van der Waals surface area contributed by atoms with Gasteiger partial charge in [-0.15, -0.1) is 0 Å². The molecule has 1 aromatic heterocycles. The molecule has 2 aromatic rings. The number of fused-ring (bicyclic) bond motifs is 1. The van der Waals surface area contributed by atoms with E-state index in [0.29, 0.717) is 18.2 Å². The number of amides is 1. The summed E-state index contributed by atoms with van der Waals surface area (Å²) >= 11 is 6.71. The fourth-order valence-corrected chi connectivity index (χ4v) is 6.01. The van der Waals surface area contributed by atoms with Crippen LogP contribution in [0.4, 0.5) is 5.82 Å². The van der Waals surface area contributed by atoms with E-state index >= 15 is 0 Å². The second kappa shape index (κ2) is 8.49. The number of likely N-dealkylation sites (tertiary alicyclic amines) is 1. The van der Waals surface area contributed by atoms with Crippen molar-refractivity contribution in [1.29, 1.82) is 0 Å². The van der Waals surface area contributed by atoms with Crippen molar-refractivity contribution >= 4 is 34.1 Å². The molecule has 2 N–H and O–H groups in total. The van der Waals surface area contributed by atoms with Crippen molar-refractivity contribution in [1.82, 2.24) is 9.88 Å². The summed E-state index contributed by atoms with van der Waals surface area (Å²) in [4.78, 5) is 19.6. The van der Waals surface area contributed by atoms with E-state index in [-0.39, 0.29) is 23.3 Å². The summed E-state index contributed by atoms with van der Waals surface area (Å²) in [5.41, 5.74) is 0.523. The number of pyridine rings is 1. The van der Waals surface area contributed by atoms with E-state index in [9.17, 15) is 9.90 Å². The molecule has 5 rings (SSSR count). The molecule has 1 aromatic carbocycles. The summed E-state index contributed by atoms with van der Waals surface area (Å²) in [6.45, 7) is 9.64. The largest absolute Gasteiger partial charge is 0.390 e. The van der Waals surface area contributed by atoms with Gasteiger partial charge in [-0.1, -0.05) is 11.6 Å². The molecule has 3 heterocycles. The molecule has 0 spiro atoms. The maximum absolute atomic E-state index is 12.6. The van der Waals surface area contributed by atoms with Crippen LogP contribution < -0.4 is 5.32 Å². The zero-order valence-corrected chi connectivity index (χ0v) is 20.5. The Balaban J connectivity index is 1.29. The fourth-order valence-electron chi connectivity index (χ4n) is 5.69. The van der Waals surface area contributed by atoms with Crippen LogP contribution in [0.5, 0.6) is 0 Å². The summed E-state index contributed by atoms with van der Waals surface area (Å²) in [6, 6.07) is 6.10. The highest BCUT2D eigenvalue weighted by atomic mass is 35.5. The molecule has 2 aliphatic heterocycles.